The normalized spacial score (nSPS) is 17.2. The van der Waals surface area contributed by atoms with E-state index in [-0.39, 0.29) is 18.0 Å². The molecule has 0 fully saturated rings. The SMILES string of the molecule is CC=CC=C(C)C(C)([O][Hf])C(C)=CC=CC.Cl. The van der Waals surface area contributed by atoms with Crippen molar-refractivity contribution in [3.05, 3.63) is 47.6 Å². The van der Waals surface area contributed by atoms with Crippen molar-refractivity contribution in [3.8, 4) is 0 Å². The van der Waals surface area contributed by atoms with E-state index in [1.807, 2.05) is 26.0 Å². The minimum atomic E-state index is -0.259. The molecule has 0 aromatic rings. The molecule has 0 heterocycles. The van der Waals surface area contributed by atoms with Crippen LogP contribution in [0.15, 0.2) is 47.6 Å². The molecule has 95 valence electrons. The number of rotatable bonds is 5. The van der Waals surface area contributed by atoms with Gasteiger partial charge in [0.15, 0.2) is 0 Å². The summed E-state index contributed by atoms with van der Waals surface area (Å²) in [7, 11) is 0. The predicted octanol–water partition coefficient (Wildman–Crippen LogP) is 4.69. The van der Waals surface area contributed by atoms with Gasteiger partial charge in [0.25, 0.3) is 0 Å². The second kappa shape index (κ2) is 10.0. The smallest absolute Gasteiger partial charge is 0.147 e. The maximum absolute atomic E-state index is 5.79. The van der Waals surface area contributed by atoms with Crippen molar-refractivity contribution >= 4 is 12.4 Å². The number of hydrogen-bond donors (Lipinski definition) is 0. The van der Waals surface area contributed by atoms with E-state index in [4.69, 9.17) is 2.85 Å². The van der Waals surface area contributed by atoms with E-state index in [1.165, 1.54) is 11.1 Å². The van der Waals surface area contributed by atoms with Crippen LogP contribution in [0.3, 0.4) is 0 Å². The van der Waals surface area contributed by atoms with Crippen molar-refractivity contribution in [3.63, 3.8) is 0 Å². The molecule has 0 spiro atoms. The van der Waals surface area contributed by atoms with Crippen molar-refractivity contribution in [2.24, 2.45) is 0 Å². The molecule has 0 unspecified atom stereocenters. The minimum Gasteiger partial charge on any atom is -0.147 e. The van der Waals surface area contributed by atoms with Crippen LogP contribution in [0.2, 0.25) is 0 Å². The molecule has 0 aliphatic carbocycles. The van der Waals surface area contributed by atoms with E-state index in [2.05, 4.69) is 45.1 Å². The Labute approximate surface area is 127 Å². The molecule has 0 N–H and O–H groups in total. The van der Waals surface area contributed by atoms with Crippen LogP contribution < -0.4 is 0 Å². The molecule has 0 saturated heterocycles. The monoisotopic (exact) mass is 421 g/mol. The van der Waals surface area contributed by atoms with E-state index in [1.54, 1.807) is 0 Å². The molecule has 3 heteroatoms. The van der Waals surface area contributed by atoms with Crippen LogP contribution in [-0.4, -0.2) is 5.60 Å². The number of allylic oxidation sites excluding steroid dienone is 6. The first kappa shape index (κ1) is 19.4. The third-order valence-electron chi connectivity index (χ3n) is 2.79. The maximum Gasteiger partial charge on any atom is -0.147 e. The molecule has 0 saturated carbocycles. The molecule has 0 aliphatic heterocycles. The average Bonchev–Trinajstić information content (AvgIpc) is 2.31. The van der Waals surface area contributed by atoms with E-state index >= 15 is 0 Å². The Kier molecular flexibility index (Phi) is 11.5. The van der Waals surface area contributed by atoms with Crippen LogP contribution in [-0.2, 0) is 27.7 Å². The van der Waals surface area contributed by atoms with Crippen molar-refractivity contribution in [1.29, 1.82) is 0 Å². The molecule has 0 radical (unpaired) electrons. The van der Waals surface area contributed by atoms with E-state index in [0.29, 0.717) is 0 Å². The molecule has 0 atom stereocenters. The summed E-state index contributed by atoms with van der Waals surface area (Å²) in [5.41, 5.74) is 2.21. The van der Waals surface area contributed by atoms with Gasteiger partial charge in [-0.3, -0.25) is 0 Å². The third kappa shape index (κ3) is 5.98. The Morgan fingerprint density at radius 1 is 1.00 bits per heavy atom. The van der Waals surface area contributed by atoms with Gasteiger partial charge in [-0.2, -0.15) is 0 Å². The van der Waals surface area contributed by atoms with Gasteiger partial charge < -0.3 is 0 Å². The molecule has 0 amide bonds. The van der Waals surface area contributed by atoms with Gasteiger partial charge in [-0.05, 0) is 0 Å². The standard InChI is InChI=1S/C14H21O.ClH.Hf/c1-6-8-10-12(3)14(5,15)13(4)11-9-7-2;;/h6-11H,1-5H3;1H;/q-1;;+1. The summed E-state index contributed by atoms with van der Waals surface area (Å²) in [6.45, 7) is 10.4. The van der Waals surface area contributed by atoms with Gasteiger partial charge >= 0.3 is 115 Å². The fourth-order valence-corrected chi connectivity index (χ4v) is 2.43. The second-order valence-electron chi connectivity index (χ2n) is 3.89. The third-order valence-corrected chi connectivity index (χ3v) is 4.25. The first-order valence-electron chi connectivity index (χ1n) is 5.47. The largest absolute Gasteiger partial charge is 0.147 e. The fraction of sp³-hybridized carbons (Fsp3) is 0.429. The Morgan fingerprint density at radius 3 is 1.59 bits per heavy atom. The summed E-state index contributed by atoms with van der Waals surface area (Å²) < 4.78 is 5.79. The number of halogens is 1. The average molecular weight is 420 g/mol. The minimum absolute atomic E-state index is 0. The first-order valence-corrected chi connectivity index (χ1v) is 6.94. The topological polar surface area (TPSA) is 9.23 Å². The zero-order valence-electron chi connectivity index (χ0n) is 11.3. The van der Waals surface area contributed by atoms with Gasteiger partial charge in [-0.15, -0.1) is 12.4 Å². The van der Waals surface area contributed by atoms with Crippen molar-refractivity contribution in [1.82, 2.24) is 0 Å². The van der Waals surface area contributed by atoms with Gasteiger partial charge in [-0.25, -0.2) is 0 Å². The van der Waals surface area contributed by atoms with E-state index in [0.717, 1.165) is 24.8 Å². The van der Waals surface area contributed by atoms with Gasteiger partial charge in [0, 0.05) is 0 Å². The first-order chi connectivity index (χ1) is 7.52. The molecule has 0 aliphatic rings. The quantitative estimate of drug-likeness (QED) is 0.463. The van der Waals surface area contributed by atoms with Crippen LogP contribution >= 0.6 is 12.4 Å². The van der Waals surface area contributed by atoms with Gasteiger partial charge in [0.2, 0.25) is 0 Å². The van der Waals surface area contributed by atoms with Gasteiger partial charge in [0.1, 0.15) is 0 Å². The van der Waals surface area contributed by atoms with Crippen LogP contribution in [0.1, 0.15) is 34.6 Å². The van der Waals surface area contributed by atoms with Crippen LogP contribution in [0.25, 0.3) is 0 Å². The van der Waals surface area contributed by atoms with E-state index in [9.17, 15) is 0 Å². The molecule has 0 aromatic carbocycles. The van der Waals surface area contributed by atoms with Crippen LogP contribution in [0, 0.1) is 0 Å². The Bertz CT molecular complexity index is 299. The zero-order chi connectivity index (χ0) is 12.6. The van der Waals surface area contributed by atoms with Crippen LogP contribution in [0.4, 0.5) is 0 Å². The number of hydrogen-bond acceptors (Lipinski definition) is 1. The predicted molar refractivity (Wildman–Crippen MR) is 73.9 cm³/mol. The molecule has 0 aromatic heterocycles. The Hall–Kier alpha value is 0.0801. The summed E-state index contributed by atoms with van der Waals surface area (Å²) in [6.07, 6.45) is 12.4. The summed E-state index contributed by atoms with van der Waals surface area (Å²) in [5, 5.41) is 0. The molecule has 0 bridgehead atoms. The fourth-order valence-electron chi connectivity index (χ4n) is 1.27. The van der Waals surface area contributed by atoms with E-state index < -0.39 is 0 Å². The summed E-state index contributed by atoms with van der Waals surface area (Å²) >= 11 is 0.730. The van der Waals surface area contributed by atoms with Crippen molar-refractivity contribution in [2.45, 2.75) is 40.2 Å². The second-order valence-corrected chi connectivity index (χ2v) is 4.62. The zero-order valence-corrected chi connectivity index (χ0v) is 15.7. The van der Waals surface area contributed by atoms with Gasteiger partial charge in [-0.1, -0.05) is 0 Å². The van der Waals surface area contributed by atoms with Crippen molar-refractivity contribution in [2.75, 3.05) is 0 Å². The molecule has 17 heavy (non-hydrogen) atoms. The maximum atomic E-state index is 5.79. The Balaban J connectivity index is 0. The summed E-state index contributed by atoms with van der Waals surface area (Å²) in [4.78, 5) is 0. The van der Waals surface area contributed by atoms with Crippen LogP contribution in [0.5, 0.6) is 0 Å². The van der Waals surface area contributed by atoms with Gasteiger partial charge in [0.05, 0.1) is 0 Å². The summed E-state index contributed by atoms with van der Waals surface area (Å²) in [6, 6.07) is 0. The molecule has 0 rings (SSSR count). The summed E-state index contributed by atoms with van der Waals surface area (Å²) in [5.74, 6) is 0. The molecular formula is C14H22ClHfO. The molecular weight excluding hydrogens is 398 g/mol. The molecule has 1 nitrogen and oxygen atoms in total. The van der Waals surface area contributed by atoms with Crippen molar-refractivity contribution < 1.29 is 27.7 Å². The Morgan fingerprint density at radius 2 is 1.35 bits per heavy atom.